The Labute approximate surface area is 139 Å². The molecule has 0 aliphatic carbocycles. The van der Waals surface area contributed by atoms with Gasteiger partial charge in [0.1, 0.15) is 11.6 Å². The molecule has 0 atom stereocenters. The Morgan fingerprint density at radius 2 is 1.90 bits per heavy atom. The van der Waals surface area contributed by atoms with E-state index in [2.05, 4.69) is 31.9 Å². The van der Waals surface area contributed by atoms with Gasteiger partial charge in [-0.1, -0.05) is 22.9 Å². The summed E-state index contributed by atoms with van der Waals surface area (Å²) in [6, 6.07) is 9.15. The lowest BCUT2D eigenvalue weighted by atomic mass is 10.0. The predicted octanol–water partition coefficient (Wildman–Crippen LogP) is 5.37. The van der Waals surface area contributed by atoms with Gasteiger partial charge in [0.15, 0.2) is 5.78 Å². The van der Waals surface area contributed by atoms with Crippen molar-refractivity contribution in [3.8, 4) is 5.75 Å². The minimum atomic E-state index is -0.441. The second-order valence-electron chi connectivity index (χ2n) is 4.45. The molecule has 110 valence electrons. The number of carbonyl (C=O) groups is 1. The monoisotopic (exact) mass is 414 g/mol. The molecule has 0 aromatic heterocycles. The zero-order valence-electron chi connectivity index (χ0n) is 11.3. The van der Waals surface area contributed by atoms with E-state index in [1.165, 1.54) is 18.2 Å². The average molecular weight is 416 g/mol. The van der Waals surface area contributed by atoms with Gasteiger partial charge in [0.05, 0.1) is 11.1 Å². The Hall–Kier alpha value is -1.20. The van der Waals surface area contributed by atoms with Gasteiger partial charge < -0.3 is 4.74 Å². The van der Waals surface area contributed by atoms with Crippen LogP contribution in [0.5, 0.6) is 5.75 Å². The first-order valence-corrected chi connectivity index (χ1v) is 8.03. The third kappa shape index (κ3) is 3.92. The highest BCUT2D eigenvalue weighted by molar-refractivity contribution is 9.10. The molecule has 0 bridgehead atoms. The summed E-state index contributed by atoms with van der Waals surface area (Å²) in [5.74, 6) is -0.000612. The molecule has 0 spiro atoms. The van der Waals surface area contributed by atoms with E-state index in [-0.39, 0.29) is 5.78 Å². The molecule has 21 heavy (non-hydrogen) atoms. The van der Waals surface area contributed by atoms with Gasteiger partial charge in [0.25, 0.3) is 0 Å². The summed E-state index contributed by atoms with van der Waals surface area (Å²) < 4.78 is 20.1. The van der Waals surface area contributed by atoms with Gasteiger partial charge in [-0.2, -0.15) is 0 Å². The van der Waals surface area contributed by atoms with Crippen LogP contribution in [0.3, 0.4) is 0 Å². The molecular weight excluding hydrogens is 403 g/mol. The topological polar surface area (TPSA) is 26.3 Å². The Balaban J connectivity index is 2.31. The number of benzene rings is 2. The zero-order valence-corrected chi connectivity index (χ0v) is 14.5. The minimum Gasteiger partial charge on any atom is -0.492 e. The molecular formula is C16H13Br2FO2. The zero-order chi connectivity index (χ0) is 15.4. The van der Waals surface area contributed by atoms with E-state index in [1.807, 2.05) is 6.92 Å². The molecule has 2 aromatic rings. The van der Waals surface area contributed by atoms with Crippen molar-refractivity contribution in [2.24, 2.45) is 0 Å². The summed E-state index contributed by atoms with van der Waals surface area (Å²) >= 11 is 6.66. The molecule has 2 aromatic carbocycles. The van der Waals surface area contributed by atoms with Gasteiger partial charge in [0.2, 0.25) is 0 Å². The number of ether oxygens (including phenoxy) is 1. The molecule has 0 saturated carbocycles. The Morgan fingerprint density at radius 3 is 2.57 bits per heavy atom. The molecule has 0 unspecified atom stereocenters. The summed E-state index contributed by atoms with van der Waals surface area (Å²) in [4.78, 5) is 12.4. The fraction of sp³-hybridized carbons (Fsp3) is 0.188. The molecule has 0 heterocycles. The molecule has 2 rings (SSSR count). The SMILES string of the molecule is CCCOc1ccc(C(=O)c2cc(F)ccc2Br)cc1Br. The van der Waals surface area contributed by atoms with Crippen molar-refractivity contribution in [1.82, 2.24) is 0 Å². The van der Waals surface area contributed by atoms with Crippen molar-refractivity contribution in [3.05, 3.63) is 62.3 Å². The summed E-state index contributed by atoms with van der Waals surface area (Å²) in [6.07, 6.45) is 0.906. The Kier molecular flexibility index (Phi) is 5.53. The lowest BCUT2D eigenvalue weighted by Crippen LogP contribution is -2.04. The molecule has 0 N–H and O–H groups in total. The molecule has 0 fully saturated rings. The predicted molar refractivity (Wildman–Crippen MR) is 87.5 cm³/mol. The van der Waals surface area contributed by atoms with Crippen molar-refractivity contribution in [1.29, 1.82) is 0 Å². The van der Waals surface area contributed by atoms with Crippen LogP contribution in [0, 0.1) is 5.82 Å². The lowest BCUT2D eigenvalue weighted by Gasteiger charge is -2.09. The van der Waals surface area contributed by atoms with Crippen molar-refractivity contribution < 1.29 is 13.9 Å². The largest absolute Gasteiger partial charge is 0.492 e. The van der Waals surface area contributed by atoms with Crippen molar-refractivity contribution in [2.45, 2.75) is 13.3 Å². The van der Waals surface area contributed by atoms with Gasteiger partial charge >= 0.3 is 0 Å². The molecule has 0 radical (unpaired) electrons. The van der Waals surface area contributed by atoms with Gasteiger partial charge in [-0.25, -0.2) is 4.39 Å². The van der Waals surface area contributed by atoms with Crippen LogP contribution >= 0.6 is 31.9 Å². The maximum atomic E-state index is 13.3. The van der Waals surface area contributed by atoms with Gasteiger partial charge in [0, 0.05) is 15.6 Å². The number of halogens is 3. The van der Waals surface area contributed by atoms with Crippen molar-refractivity contribution >= 4 is 37.6 Å². The lowest BCUT2D eigenvalue weighted by molar-refractivity contribution is 0.103. The maximum absolute atomic E-state index is 13.3. The second kappa shape index (κ2) is 7.18. The molecule has 0 saturated heterocycles. The van der Waals surface area contributed by atoms with Crippen LogP contribution in [0.1, 0.15) is 29.3 Å². The summed E-state index contributed by atoms with van der Waals surface area (Å²) in [5, 5.41) is 0. The van der Waals surface area contributed by atoms with Gasteiger partial charge in [-0.3, -0.25) is 4.79 Å². The summed E-state index contributed by atoms with van der Waals surface area (Å²) in [6.45, 7) is 2.63. The van der Waals surface area contributed by atoms with E-state index in [4.69, 9.17) is 4.74 Å². The third-order valence-corrected chi connectivity index (χ3v) is 4.14. The van der Waals surface area contributed by atoms with Crippen LogP contribution in [-0.2, 0) is 0 Å². The maximum Gasteiger partial charge on any atom is 0.194 e. The van der Waals surface area contributed by atoms with Gasteiger partial charge in [-0.05, 0) is 58.7 Å². The summed E-state index contributed by atoms with van der Waals surface area (Å²) in [7, 11) is 0. The van der Waals surface area contributed by atoms with Crippen LogP contribution in [0.15, 0.2) is 45.3 Å². The highest BCUT2D eigenvalue weighted by atomic mass is 79.9. The van der Waals surface area contributed by atoms with E-state index in [9.17, 15) is 9.18 Å². The van der Waals surface area contributed by atoms with Crippen LogP contribution in [-0.4, -0.2) is 12.4 Å². The molecule has 0 aliphatic heterocycles. The molecule has 2 nitrogen and oxygen atoms in total. The second-order valence-corrected chi connectivity index (χ2v) is 6.16. The smallest absolute Gasteiger partial charge is 0.194 e. The molecule has 0 aliphatic rings. The molecule has 5 heteroatoms. The van der Waals surface area contributed by atoms with E-state index in [0.717, 1.165) is 6.42 Å². The fourth-order valence-electron chi connectivity index (χ4n) is 1.80. The Bertz CT molecular complexity index is 671. The van der Waals surface area contributed by atoms with E-state index < -0.39 is 5.82 Å². The van der Waals surface area contributed by atoms with E-state index >= 15 is 0 Å². The quantitative estimate of drug-likeness (QED) is 0.613. The summed E-state index contributed by atoms with van der Waals surface area (Å²) in [5.41, 5.74) is 0.765. The van der Waals surface area contributed by atoms with Crippen LogP contribution in [0.4, 0.5) is 4.39 Å². The number of carbonyl (C=O) groups excluding carboxylic acids is 1. The third-order valence-electron chi connectivity index (χ3n) is 2.83. The van der Waals surface area contributed by atoms with Crippen molar-refractivity contribution in [2.75, 3.05) is 6.61 Å². The average Bonchev–Trinajstić information content (AvgIpc) is 2.47. The van der Waals surface area contributed by atoms with E-state index in [0.29, 0.717) is 32.4 Å². The van der Waals surface area contributed by atoms with Gasteiger partial charge in [-0.15, -0.1) is 0 Å². The first-order valence-electron chi connectivity index (χ1n) is 6.45. The highest BCUT2D eigenvalue weighted by Crippen LogP contribution is 2.28. The number of rotatable bonds is 5. The molecule has 0 amide bonds. The first-order chi connectivity index (χ1) is 10.0. The fourth-order valence-corrected chi connectivity index (χ4v) is 2.72. The number of ketones is 1. The normalized spacial score (nSPS) is 10.5. The Morgan fingerprint density at radius 1 is 1.14 bits per heavy atom. The van der Waals surface area contributed by atoms with Crippen LogP contribution in [0.2, 0.25) is 0 Å². The standard InChI is InChI=1S/C16H13Br2FO2/c1-2-7-21-15-6-3-10(8-14(15)18)16(20)12-9-11(19)4-5-13(12)17/h3-6,8-9H,2,7H2,1H3. The number of hydrogen-bond donors (Lipinski definition) is 0. The van der Waals surface area contributed by atoms with Crippen LogP contribution < -0.4 is 4.74 Å². The number of hydrogen-bond acceptors (Lipinski definition) is 2. The highest BCUT2D eigenvalue weighted by Gasteiger charge is 2.15. The van der Waals surface area contributed by atoms with Crippen molar-refractivity contribution in [3.63, 3.8) is 0 Å². The van der Waals surface area contributed by atoms with Crippen LogP contribution in [0.25, 0.3) is 0 Å². The minimum absolute atomic E-state index is 0.246. The first kappa shape index (κ1) is 16.2. The van der Waals surface area contributed by atoms with E-state index in [1.54, 1.807) is 18.2 Å².